The minimum absolute atomic E-state index is 0.0889. The zero-order chi connectivity index (χ0) is 16.2. The summed E-state index contributed by atoms with van der Waals surface area (Å²) in [6.45, 7) is 4.20. The number of halogens is 1. The number of aryl methyl sites for hydroxylation is 1. The van der Waals surface area contributed by atoms with Crippen molar-refractivity contribution in [2.75, 3.05) is 18.0 Å². The van der Waals surface area contributed by atoms with Gasteiger partial charge in [0.15, 0.2) is 0 Å². The molecule has 6 heteroatoms. The Morgan fingerprint density at radius 1 is 1.35 bits per heavy atom. The lowest BCUT2D eigenvalue weighted by Gasteiger charge is -2.34. The number of rotatable bonds is 4. The van der Waals surface area contributed by atoms with Crippen molar-refractivity contribution in [2.24, 2.45) is 0 Å². The maximum absolute atomic E-state index is 13.8. The van der Waals surface area contributed by atoms with E-state index in [9.17, 15) is 9.18 Å². The van der Waals surface area contributed by atoms with Crippen LogP contribution in [0.3, 0.4) is 0 Å². The number of para-hydroxylation sites is 1. The van der Waals surface area contributed by atoms with Gasteiger partial charge in [-0.25, -0.2) is 4.39 Å². The average Bonchev–Trinajstić information content (AvgIpc) is 3.05. The fraction of sp³-hybridized carbons (Fsp3) is 0.412. The Labute approximate surface area is 135 Å². The van der Waals surface area contributed by atoms with Crippen molar-refractivity contribution in [3.8, 4) is 0 Å². The Hall–Kier alpha value is -2.37. The van der Waals surface area contributed by atoms with Gasteiger partial charge in [0.25, 0.3) is 5.91 Å². The molecule has 2 aromatic rings. The summed E-state index contributed by atoms with van der Waals surface area (Å²) < 4.78 is 15.5. The first kappa shape index (κ1) is 15.5. The number of piperidine rings is 1. The van der Waals surface area contributed by atoms with E-state index >= 15 is 0 Å². The first-order chi connectivity index (χ1) is 11.2. The standard InChI is InChI=1S/C17H21FN4O/c1-2-22-12-13(11-19-22)17(23)20-14-7-9-21(10-8-14)16-6-4-3-5-15(16)18/h3-6,11-12,14H,2,7-10H2,1H3,(H,20,23). The third-order valence-corrected chi connectivity index (χ3v) is 4.24. The van der Waals surface area contributed by atoms with Crippen LogP contribution in [-0.2, 0) is 6.54 Å². The van der Waals surface area contributed by atoms with Crippen LogP contribution in [0.15, 0.2) is 36.7 Å². The smallest absolute Gasteiger partial charge is 0.254 e. The maximum Gasteiger partial charge on any atom is 0.254 e. The SMILES string of the molecule is CCn1cc(C(=O)NC2CCN(c3ccccc3F)CC2)cn1. The van der Waals surface area contributed by atoms with Gasteiger partial charge >= 0.3 is 0 Å². The number of aromatic nitrogens is 2. The molecule has 0 atom stereocenters. The van der Waals surface area contributed by atoms with E-state index in [1.54, 1.807) is 29.2 Å². The quantitative estimate of drug-likeness (QED) is 0.942. The fourth-order valence-corrected chi connectivity index (χ4v) is 2.90. The van der Waals surface area contributed by atoms with Gasteiger partial charge in [-0.3, -0.25) is 9.48 Å². The lowest BCUT2D eigenvalue weighted by atomic mass is 10.0. The third kappa shape index (κ3) is 3.52. The molecule has 1 aromatic carbocycles. The van der Waals surface area contributed by atoms with E-state index in [1.807, 2.05) is 17.9 Å². The zero-order valence-corrected chi connectivity index (χ0v) is 13.2. The first-order valence-electron chi connectivity index (χ1n) is 8.00. The van der Waals surface area contributed by atoms with Crippen LogP contribution in [0, 0.1) is 5.82 Å². The van der Waals surface area contributed by atoms with E-state index in [-0.39, 0.29) is 17.8 Å². The van der Waals surface area contributed by atoms with E-state index in [0.29, 0.717) is 11.3 Å². The van der Waals surface area contributed by atoms with Gasteiger partial charge in [0.2, 0.25) is 0 Å². The lowest BCUT2D eigenvalue weighted by molar-refractivity contribution is 0.0931. The predicted octanol–water partition coefficient (Wildman–Crippen LogP) is 2.44. The highest BCUT2D eigenvalue weighted by molar-refractivity contribution is 5.93. The van der Waals surface area contributed by atoms with Gasteiger partial charge in [-0.15, -0.1) is 0 Å². The van der Waals surface area contributed by atoms with E-state index in [2.05, 4.69) is 10.4 Å². The number of benzene rings is 1. The zero-order valence-electron chi connectivity index (χ0n) is 13.2. The summed E-state index contributed by atoms with van der Waals surface area (Å²) in [5.74, 6) is -0.281. The maximum atomic E-state index is 13.8. The fourth-order valence-electron chi connectivity index (χ4n) is 2.90. The van der Waals surface area contributed by atoms with Crippen LogP contribution >= 0.6 is 0 Å². The highest BCUT2D eigenvalue weighted by atomic mass is 19.1. The summed E-state index contributed by atoms with van der Waals surface area (Å²) in [6.07, 6.45) is 4.96. The molecule has 5 nitrogen and oxygen atoms in total. The van der Waals surface area contributed by atoms with Crippen LogP contribution in [-0.4, -0.2) is 34.8 Å². The van der Waals surface area contributed by atoms with Gasteiger partial charge in [-0.2, -0.15) is 5.10 Å². The first-order valence-corrected chi connectivity index (χ1v) is 8.00. The van der Waals surface area contributed by atoms with Crippen LogP contribution in [0.5, 0.6) is 0 Å². The molecule has 0 spiro atoms. The van der Waals surface area contributed by atoms with Gasteiger partial charge in [0.1, 0.15) is 5.82 Å². The molecule has 3 rings (SSSR count). The molecule has 122 valence electrons. The summed E-state index contributed by atoms with van der Waals surface area (Å²) in [4.78, 5) is 14.2. The number of nitrogens with zero attached hydrogens (tertiary/aromatic N) is 3. The monoisotopic (exact) mass is 316 g/mol. The van der Waals surface area contributed by atoms with Crippen molar-refractivity contribution in [3.63, 3.8) is 0 Å². The van der Waals surface area contributed by atoms with Gasteiger partial charge in [-0.05, 0) is 31.9 Å². The average molecular weight is 316 g/mol. The van der Waals surface area contributed by atoms with Crippen LogP contribution in [0.25, 0.3) is 0 Å². The second kappa shape index (κ2) is 6.81. The Morgan fingerprint density at radius 3 is 2.74 bits per heavy atom. The number of carbonyl (C=O) groups excluding carboxylic acids is 1. The minimum Gasteiger partial charge on any atom is -0.369 e. The molecule has 0 aliphatic carbocycles. The number of nitrogens with one attached hydrogen (secondary N) is 1. The topological polar surface area (TPSA) is 50.2 Å². The predicted molar refractivity (Wildman–Crippen MR) is 87.0 cm³/mol. The summed E-state index contributed by atoms with van der Waals surface area (Å²) >= 11 is 0. The van der Waals surface area contributed by atoms with Gasteiger partial charge in [0.05, 0.1) is 17.4 Å². The number of hydrogen-bond acceptors (Lipinski definition) is 3. The number of amides is 1. The Kier molecular flexibility index (Phi) is 4.60. The van der Waals surface area contributed by atoms with Crippen molar-refractivity contribution in [2.45, 2.75) is 32.4 Å². The van der Waals surface area contributed by atoms with Gasteiger partial charge in [-0.1, -0.05) is 12.1 Å². The molecule has 0 unspecified atom stereocenters. The summed E-state index contributed by atoms with van der Waals surface area (Å²) in [6, 6.07) is 6.94. The highest BCUT2D eigenvalue weighted by Crippen LogP contribution is 2.23. The molecule has 1 fully saturated rings. The molecular formula is C17H21FN4O. The van der Waals surface area contributed by atoms with Crippen LogP contribution < -0.4 is 10.2 Å². The van der Waals surface area contributed by atoms with Crippen molar-refractivity contribution in [1.82, 2.24) is 15.1 Å². The van der Waals surface area contributed by atoms with Crippen molar-refractivity contribution < 1.29 is 9.18 Å². The molecular weight excluding hydrogens is 295 g/mol. The molecule has 1 aliphatic heterocycles. The molecule has 1 aromatic heterocycles. The van der Waals surface area contributed by atoms with E-state index in [1.165, 1.54) is 6.07 Å². The van der Waals surface area contributed by atoms with Gasteiger partial charge < -0.3 is 10.2 Å². The number of hydrogen-bond donors (Lipinski definition) is 1. The Balaban J connectivity index is 1.55. The molecule has 2 heterocycles. The van der Waals surface area contributed by atoms with Crippen LogP contribution in [0.1, 0.15) is 30.1 Å². The van der Waals surface area contributed by atoms with E-state index in [4.69, 9.17) is 0 Å². The van der Waals surface area contributed by atoms with E-state index in [0.717, 1.165) is 32.5 Å². The summed E-state index contributed by atoms with van der Waals surface area (Å²) in [5.41, 5.74) is 1.23. The molecule has 0 bridgehead atoms. The Morgan fingerprint density at radius 2 is 2.09 bits per heavy atom. The number of anilines is 1. The normalized spacial score (nSPS) is 15.7. The third-order valence-electron chi connectivity index (χ3n) is 4.24. The largest absolute Gasteiger partial charge is 0.369 e. The molecule has 23 heavy (non-hydrogen) atoms. The molecule has 1 aliphatic rings. The molecule has 1 N–H and O–H groups in total. The van der Waals surface area contributed by atoms with E-state index < -0.39 is 0 Å². The van der Waals surface area contributed by atoms with Crippen molar-refractivity contribution >= 4 is 11.6 Å². The highest BCUT2D eigenvalue weighted by Gasteiger charge is 2.23. The summed E-state index contributed by atoms with van der Waals surface area (Å²) in [7, 11) is 0. The molecule has 0 saturated carbocycles. The van der Waals surface area contributed by atoms with Crippen molar-refractivity contribution in [3.05, 3.63) is 48.0 Å². The van der Waals surface area contributed by atoms with Crippen LogP contribution in [0.4, 0.5) is 10.1 Å². The molecule has 0 radical (unpaired) electrons. The van der Waals surface area contributed by atoms with Crippen molar-refractivity contribution in [1.29, 1.82) is 0 Å². The lowest BCUT2D eigenvalue weighted by Crippen LogP contribution is -2.44. The number of carbonyl (C=O) groups is 1. The summed E-state index contributed by atoms with van der Waals surface area (Å²) in [5, 5.41) is 7.16. The second-order valence-electron chi connectivity index (χ2n) is 5.77. The Bertz CT molecular complexity index is 677. The minimum atomic E-state index is -0.193. The molecule has 1 saturated heterocycles. The molecule has 1 amide bonds. The second-order valence-corrected chi connectivity index (χ2v) is 5.77. The van der Waals surface area contributed by atoms with Gasteiger partial charge in [0, 0.05) is 31.9 Å². The van der Waals surface area contributed by atoms with Crippen LogP contribution in [0.2, 0.25) is 0 Å².